The van der Waals surface area contributed by atoms with E-state index in [-0.39, 0.29) is 0 Å². The summed E-state index contributed by atoms with van der Waals surface area (Å²) in [5.74, 6) is 1.94. The number of nitriles is 1. The molecule has 5 nitrogen and oxygen atoms in total. The Balaban J connectivity index is 2.03. The van der Waals surface area contributed by atoms with Crippen molar-refractivity contribution in [3.05, 3.63) is 50.4 Å². The highest BCUT2D eigenvalue weighted by molar-refractivity contribution is 14.1. The first-order valence-electron chi connectivity index (χ1n) is 9.06. The van der Waals surface area contributed by atoms with Crippen molar-refractivity contribution in [2.75, 3.05) is 13.7 Å². The zero-order valence-corrected chi connectivity index (χ0v) is 18.5. The molecule has 6 heteroatoms. The fourth-order valence-corrected chi connectivity index (χ4v) is 3.67. The summed E-state index contributed by atoms with van der Waals surface area (Å²) >= 11 is 2.23. The van der Waals surface area contributed by atoms with Gasteiger partial charge in [0.25, 0.3) is 0 Å². The highest BCUT2D eigenvalue weighted by atomic mass is 127. The largest absolute Gasteiger partial charge is 0.493 e. The lowest BCUT2D eigenvalue weighted by atomic mass is 10.1. The molecular formula is C22H22IN3O2. The smallest absolute Gasteiger partial charge is 0.174 e. The van der Waals surface area contributed by atoms with Crippen LogP contribution >= 0.6 is 22.6 Å². The summed E-state index contributed by atoms with van der Waals surface area (Å²) in [5.41, 5.74) is 5.47. The fourth-order valence-electron chi connectivity index (χ4n) is 2.88. The molecule has 0 unspecified atom stereocenters. The molecular weight excluding hydrogens is 465 g/mol. The van der Waals surface area contributed by atoms with E-state index >= 15 is 0 Å². The van der Waals surface area contributed by atoms with Crippen molar-refractivity contribution < 1.29 is 9.47 Å². The molecule has 0 bridgehead atoms. The minimum atomic E-state index is 0.464. The van der Waals surface area contributed by atoms with Crippen LogP contribution in [0.25, 0.3) is 22.7 Å². The van der Waals surface area contributed by atoms with Crippen LogP contribution in [0.1, 0.15) is 35.9 Å². The first-order valence-corrected chi connectivity index (χ1v) is 10.1. The van der Waals surface area contributed by atoms with Crippen LogP contribution in [0.15, 0.2) is 24.3 Å². The average molecular weight is 487 g/mol. The van der Waals surface area contributed by atoms with Crippen molar-refractivity contribution in [1.82, 2.24) is 9.97 Å². The molecule has 0 atom stereocenters. The van der Waals surface area contributed by atoms with Gasteiger partial charge in [-0.05, 0) is 89.9 Å². The lowest BCUT2D eigenvalue weighted by Gasteiger charge is -2.13. The zero-order chi connectivity index (χ0) is 20.3. The maximum absolute atomic E-state index is 9.71. The number of H-pyrrole nitrogens is 1. The monoisotopic (exact) mass is 487 g/mol. The molecule has 3 aromatic rings. The standard InChI is InChI=1S/C22H22IN3O2/c1-5-6-28-21-17(23)10-15(11-20(21)27-4)9-16(12-24)22-25-18-7-13(2)14(3)8-19(18)26-22/h7-11H,5-6H2,1-4H3,(H,25,26)/b16-9-. The van der Waals surface area contributed by atoms with Gasteiger partial charge >= 0.3 is 0 Å². The van der Waals surface area contributed by atoms with Crippen LogP contribution in [0.3, 0.4) is 0 Å². The van der Waals surface area contributed by atoms with Crippen LogP contribution in [-0.2, 0) is 0 Å². The lowest BCUT2D eigenvalue weighted by molar-refractivity contribution is 0.292. The van der Waals surface area contributed by atoms with Crippen molar-refractivity contribution in [3.63, 3.8) is 0 Å². The second-order valence-electron chi connectivity index (χ2n) is 6.59. The number of benzene rings is 2. The van der Waals surface area contributed by atoms with E-state index in [2.05, 4.69) is 65.5 Å². The third kappa shape index (κ3) is 4.14. The van der Waals surface area contributed by atoms with Crippen molar-refractivity contribution in [1.29, 1.82) is 5.26 Å². The molecule has 1 aromatic heterocycles. The Morgan fingerprint density at radius 1 is 1.25 bits per heavy atom. The second kappa shape index (κ2) is 8.65. The van der Waals surface area contributed by atoms with E-state index in [0.717, 1.165) is 32.3 Å². The minimum absolute atomic E-state index is 0.464. The molecule has 1 heterocycles. The van der Waals surface area contributed by atoms with Gasteiger partial charge in [0.1, 0.15) is 11.9 Å². The minimum Gasteiger partial charge on any atom is -0.493 e. The number of rotatable bonds is 6. The van der Waals surface area contributed by atoms with Gasteiger partial charge in [-0.25, -0.2) is 4.98 Å². The van der Waals surface area contributed by atoms with Gasteiger partial charge in [0.2, 0.25) is 0 Å². The van der Waals surface area contributed by atoms with Crippen LogP contribution in [-0.4, -0.2) is 23.7 Å². The number of fused-ring (bicyclic) bond motifs is 1. The Labute approximate surface area is 178 Å². The lowest BCUT2D eigenvalue weighted by Crippen LogP contribution is -2.00. The van der Waals surface area contributed by atoms with Crippen molar-refractivity contribution in [2.45, 2.75) is 27.2 Å². The van der Waals surface area contributed by atoms with Gasteiger partial charge in [-0.2, -0.15) is 5.26 Å². The molecule has 0 saturated heterocycles. The topological polar surface area (TPSA) is 70.9 Å². The normalized spacial score (nSPS) is 11.5. The number of hydrogen-bond donors (Lipinski definition) is 1. The third-order valence-corrected chi connectivity index (χ3v) is 5.29. The molecule has 0 fully saturated rings. The first kappa shape index (κ1) is 20.2. The molecule has 1 N–H and O–H groups in total. The predicted molar refractivity (Wildman–Crippen MR) is 121 cm³/mol. The number of imidazole rings is 1. The Kier molecular flexibility index (Phi) is 6.25. The summed E-state index contributed by atoms with van der Waals surface area (Å²) in [6.07, 6.45) is 2.73. The maximum Gasteiger partial charge on any atom is 0.174 e. The Morgan fingerprint density at radius 2 is 2.00 bits per heavy atom. The predicted octanol–water partition coefficient (Wildman–Crippen LogP) is 5.65. The van der Waals surface area contributed by atoms with E-state index < -0.39 is 0 Å². The molecule has 0 aliphatic rings. The summed E-state index contributed by atoms with van der Waals surface area (Å²) in [4.78, 5) is 7.86. The molecule has 28 heavy (non-hydrogen) atoms. The average Bonchev–Trinajstić information content (AvgIpc) is 3.07. The van der Waals surface area contributed by atoms with Gasteiger partial charge in [0.15, 0.2) is 11.5 Å². The molecule has 0 amide bonds. The first-order chi connectivity index (χ1) is 13.5. The highest BCUT2D eigenvalue weighted by Gasteiger charge is 2.13. The maximum atomic E-state index is 9.71. The van der Waals surface area contributed by atoms with Gasteiger partial charge in [0, 0.05) is 0 Å². The fraction of sp³-hybridized carbons (Fsp3) is 0.273. The molecule has 144 valence electrons. The summed E-state index contributed by atoms with van der Waals surface area (Å²) < 4.78 is 12.2. The number of halogens is 1. The summed E-state index contributed by atoms with van der Waals surface area (Å²) in [6, 6.07) is 10.2. The van der Waals surface area contributed by atoms with Crippen LogP contribution in [0, 0.1) is 28.7 Å². The number of allylic oxidation sites excluding steroid dienone is 1. The molecule has 0 aliphatic carbocycles. The van der Waals surface area contributed by atoms with Crippen molar-refractivity contribution in [3.8, 4) is 17.6 Å². The Bertz CT molecular complexity index is 1050. The van der Waals surface area contributed by atoms with E-state index in [1.54, 1.807) is 7.11 Å². The van der Waals surface area contributed by atoms with Crippen LogP contribution in [0.5, 0.6) is 11.5 Å². The summed E-state index contributed by atoms with van der Waals surface area (Å²) in [6.45, 7) is 6.81. The number of nitrogens with one attached hydrogen (secondary N) is 1. The van der Waals surface area contributed by atoms with Crippen LogP contribution < -0.4 is 9.47 Å². The summed E-state index contributed by atoms with van der Waals surface area (Å²) in [7, 11) is 1.62. The number of aromatic amines is 1. The molecule has 3 rings (SSSR count). The quantitative estimate of drug-likeness (QED) is 0.361. The molecule has 0 saturated carbocycles. The van der Waals surface area contributed by atoms with E-state index in [4.69, 9.17) is 9.47 Å². The number of nitrogens with zero attached hydrogens (tertiary/aromatic N) is 2. The van der Waals surface area contributed by atoms with E-state index in [1.165, 1.54) is 11.1 Å². The van der Waals surface area contributed by atoms with Gasteiger partial charge in [-0.1, -0.05) is 6.92 Å². The third-order valence-electron chi connectivity index (χ3n) is 4.49. The number of ether oxygens (including phenoxy) is 2. The molecule has 2 aromatic carbocycles. The Hall–Kier alpha value is -2.53. The van der Waals surface area contributed by atoms with Crippen molar-refractivity contribution >= 4 is 45.3 Å². The zero-order valence-electron chi connectivity index (χ0n) is 16.4. The Morgan fingerprint density at radius 3 is 2.68 bits per heavy atom. The molecule has 0 aliphatic heterocycles. The molecule has 0 spiro atoms. The van der Waals surface area contributed by atoms with Gasteiger partial charge in [-0.3, -0.25) is 0 Å². The number of aromatic nitrogens is 2. The number of aryl methyl sites for hydroxylation is 2. The number of hydrogen-bond acceptors (Lipinski definition) is 4. The van der Waals surface area contributed by atoms with Gasteiger partial charge in [0.05, 0.1) is 33.9 Å². The number of methoxy groups -OCH3 is 1. The van der Waals surface area contributed by atoms with E-state index in [9.17, 15) is 5.26 Å². The second-order valence-corrected chi connectivity index (χ2v) is 7.75. The van der Waals surface area contributed by atoms with Crippen LogP contribution in [0.4, 0.5) is 0 Å². The highest BCUT2D eigenvalue weighted by Crippen LogP contribution is 2.35. The SMILES string of the molecule is CCCOc1c(I)cc(/C=C(/C#N)c2nc3cc(C)c(C)cc3[nH]2)cc1OC. The summed E-state index contributed by atoms with van der Waals surface area (Å²) in [5, 5.41) is 9.71. The van der Waals surface area contributed by atoms with E-state index in [0.29, 0.717) is 23.8 Å². The van der Waals surface area contributed by atoms with Gasteiger partial charge in [-0.15, -0.1) is 0 Å². The molecule has 0 radical (unpaired) electrons. The van der Waals surface area contributed by atoms with E-state index in [1.807, 2.05) is 24.3 Å². The van der Waals surface area contributed by atoms with Gasteiger partial charge < -0.3 is 14.5 Å². The van der Waals surface area contributed by atoms with Crippen molar-refractivity contribution in [2.24, 2.45) is 0 Å². The van der Waals surface area contributed by atoms with Crippen LogP contribution in [0.2, 0.25) is 0 Å².